The maximum absolute atomic E-state index is 11.7. The highest BCUT2D eigenvalue weighted by Gasteiger charge is 2.33. The molecule has 8 heteroatoms. The number of hydrogen-bond donors (Lipinski definition) is 3. The van der Waals surface area contributed by atoms with Crippen molar-refractivity contribution in [1.29, 1.82) is 0 Å². The Kier molecular flexibility index (Phi) is 4.38. The SMILES string of the molecule is CCC(CC)(c1ccc2nn[nH]c2c1)c1c[nH]c2c(NS(C)(=O)=O)cccc12. The third-order valence-electron chi connectivity index (χ3n) is 5.61. The highest BCUT2D eigenvalue weighted by molar-refractivity contribution is 7.92. The smallest absolute Gasteiger partial charge is 0.229 e. The Hall–Kier alpha value is -2.87. The molecule has 0 aliphatic carbocycles. The van der Waals surface area contributed by atoms with Crippen LogP contribution in [-0.4, -0.2) is 35.1 Å². The molecule has 0 radical (unpaired) electrons. The van der Waals surface area contributed by atoms with Gasteiger partial charge in [-0.15, -0.1) is 5.10 Å². The average molecular weight is 398 g/mol. The molecule has 0 amide bonds. The Morgan fingerprint density at radius 2 is 1.93 bits per heavy atom. The molecule has 0 saturated heterocycles. The second-order valence-corrected chi connectivity index (χ2v) is 8.89. The normalized spacial score (nSPS) is 12.7. The first-order valence-corrected chi connectivity index (χ1v) is 11.2. The van der Waals surface area contributed by atoms with E-state index in [4.69, 9.17) is 0 Å². The van der Waals surface area contributed by atoms with E-state index in [1.807, 2.05) is 24.4 Å². The second-order valence-electron chi connectivity index (χ2n) is 7.14. The third kappa shape index (κ3) is 2.93. The van der Waals surface area contributed by atoms with Gasteiger partial charge in [-0.1, -0.05) is 37.3 Å². The molecular weight excluding hydrogens is 374 g/mol. The Morgan fingerprint density at radius 3 is 2.64 bits per heavy atom. The molecule has 0 spiro atoms. The Labute approximate surface area is 163 Å². The predicted octanol–water partition coefficient (Wildman–Crippen LogP) is 3.92. The largest absolute Gasteiger partial charge is 0.359 e. The zero-order valence-corrected chi connectivity index (χ0v) is 16.9. The molecular formula is C20H23N5O2S. The molecule has 146 valence electrons. The van der Waals surface area contributed by atoms with Crippen molar-refractivity contribution in [3.63, 3.8) is 0 Å². The summed E-state index contributed by atoms with van der Waals surface area (Å²) in [6, 6.07) is 11.9. The Morgan fingerprint density at radius 1 is 1.14 bits per heavy atom. The highest BCUT2D eigenvalue weighted by Crippen LogP contribution is 2.43. The number of nitrogens with one attached hydrogen (secondary N) is 3. The summed E-state index contributed by atoms with van der Waals surface area (Å²) >= 11 is 0. The van der Waals surface area contributed by atoms with Gasteiger partial charge >= 0.3 is 0 Å². The number of rotatable bonds is 6. The van der Waals surface area contributed by atoms with Gasteiger partial charge < -0.3 is 4.98 Å². The third-order valence-corrected chi connectivity index (χ3v) is 6.20. The minimum atomic E-state index is -3.36. The van der Waals surface area contributed by atoms with E-state index in [0.717, 1.165) is 46.6 Å². The van der Waals surface area contributed by atoms with E-state index in [-0.39, 0.29) is 5.41 Å². The molecule has 28 heavy (non-hydrogen) atoms. The van der Waals surface area contributed by atoms with Crippen molar-refractivity contribution in [2.75, 3.05) is 11.0 Å². The van der Waals surface area contributed by atoms with Gasteiger partial charge in [-0.25, -0.2) is 8.42 Å². The van der Waals surface area contributed by atoms with Gasteiger partial charge in [0.1, 0.15) is 5.52 Å². The number of anilines is 1. The molecule has 4 rings (SSSR count). The average Bonchev–Trinajstić information content (AvgIpc) is 3.30. The monoisotopic (exact) mass is 397 g/mol. The van der Waals surface area contributed by atoms with Crippen LogP contribution in [0.5, 0.6) is 0 Å². The minimum absolute atomic E-state index is 0.221. The molecule has 0 aliphatic heterocycles. The predicted molar refractivity (Wildman–Crippen MR) is 112 cm³/mol. The number of aromatic nitrogens is 4. The molecule has 0 fully saturated rings. The lowest BCUT2D eigenvalue weighted by Crippen LogP contribution is -2.25. The summed E-state index contributed by atoms with van der Waals surface area (Å²) in [5.41, 5.74) is 5.20. The Balaban J connectivity index is 1.93. The lowest BCUT2D eigenvalue weighted by atomic mass is 9.70. The zero-order valence-electron chi connectivity index (χ0n) is 16.1. The van der Waals surface area contributed by atoms with Crippen molar-refractivity contribution in [1.82, 2.24) is 20.4 Å². The van der Waals surface area contributed by atoms with E-state index in [0.29, 0.717) is 5.69 Å². The van der Waals surface area contributed by atoms with Gasteiger partial charge in [0.2, 0.25) is 10.0 Å². The molecule has 2 aromatic heterocycles. The number of H-pyrrole nitrogens is 2. The number of para-hydroxylation sites is 1. The van der Waals surface area contributed by atoms with Crippen molar-refractivity contribution >= 4 is 37.6 Å². The van der Waals surface area contributed by atoms with Gasteiger partial charge in [-0.3, -0.25) is 9.82 Å². The first-order chi connectivity index (χ1) is 13.4. The topological polar surface area (TPSA) is 104 Å². The summed E-state index contributed by atoms with van der Waals surface area (Å²) in [7, 11) is -3.36. The van der Waals surface area contributed by atoms with Gasteiger partial charge in [0, 0.05) is 17.0 Å². The van der Waals surface area contributed by atoms with Crippen LogP contribution < -0.4 is 4.72 Å². The van der Waals surface area contributed by atoms with Crippen molar-refractivity contribution < 1.29 is 8.42 Å². The van der Waals surface area contributed by atoms with Gasteiger partial charge in [-0.2, -0.15) is 0 Å². The molecule has 2 aromatic carbocycles. The van der Waals surface area contributed by atoms with Crippen LogP contribution in [0.3, 0.4) is 0 Å². The molecule has 2 heterocycles. The summed E-state index contributed by atoms with van der Waals surface area (Å²) in [5.74, 6) is 0. The summed E-state index contributed by atoms with van der Waals surface area (Å²) in [4.78, 5) is 3.30. The fourth-order valence-corrected chi connectivity index (χ4v) is 4.74. The minimum Gasteiger partial charge on any atom is -0.359 e. The van der Waals surface area contributed by atoms with Crippen LogP contribution in [0.2, 0.25) is 0 Å². The standard InChI is InChI=1S/C20H23N5O2S/c1-4-20(5-2,13-9-10-16-18(11-13)23-25-22-16)15-12-21-19-14(15)7-6-8-17(19)24-28(3,26)27/h6-12,21,24H,4-5H2,1-3H3,(H,22,23,25). The number of hydrogen-bond acceptors (Lipinski definition) is 4. The highest BCUT2D eigenvalue weighted by atomic mass is 32.2. The molecule has 4 aromatic rings. The fourth-order valence-electron chi connectivity index (χ4n) is 4.17. The van der Waals surface area contributed by atoms with Crippen LogP contribution in [-0.2, 0) is 15.4 Å². The number of sulfonamides is 1. The summed E-state index contributed by atoms with van der Waals surface area (Å²) in [5, 5.41) is 11.9. The maximum Gasteiger partial charge on any atom is 0.229 e. The molecule has 7 nitrogen and oxygen atoms in total. The zero-order chi connectivity index (χ0) is 19.9. The van der Waals surface area contributed by atoms with E-state index in [2.05, 4.69) is 51.1 Å². The number of aromatic amines is 2. The second kappa shape index (κ2) is 6.63. The number of fused-ring (bicyclic) bond motifs is 2. The maximum atomic E-state index is 11.7. The summed E-state index contributed by atoms with van der Waals surface area (Å²) in [6.07, 6.45) is 4.95. The number of nitrogens with zero attached hydrogens (tertiary/aromatic N) is 2. The van der Waals surface area contributed by atoms with Crippen LogP contribution in [0.25, 0.3) is 21.9 Å². The van der Waals surface area contributed by atoms with Gasteiger partial charge in [-0.05, 0) is 42.2 Å². The fraction of sp³-hybridized carbons (Fsp3) is 0.300. The molecule has 0 saturated carbocycles. The lowest BCUT2D eigenvalue weighted by molar-refractivity contribution is 0.482. The number of benzene rings is 2. The van der Waals surface area contributed by atoms with Gasteiger partial charge in [0.05, 0.1) is 23.0 Å². The van der Waals surface area contributed by atoms with Crippen LogP contribution in [0.15, 0.2) is 42.6 Å². The molecule has 0 aliphatic rings. The van der Waals surface area contributed by atoms with Gasteiger partial charge in [0.25, 0.3) is 0 Å². The van der Waals surface area contributed by atoms with Crippen LogP contribution >= 0.6 is 0 Å². The first-order valence-electron chi connectivity index (χ1n) is 9.27. The van der Waals surface area contributed by atoms with E-state index >= 15 is 0 Å². The van der Waals surface area contributed by atoms with Crippen molar-refractivity contribution in [3.05, 3.63) is 53.7 Å². The van der Waals surface area contributed by atoms with E-state index in [1.54, 1.807) is 6.07 Å². The molecule has 0 bridgehead atoms. The van der Waals surface area contributed by atoms with Crippen molar-refractivity contribution in [3.8, 4) is 0 Å². The van der Waals surface area contributed by atoms with E-state index < -0.39 is 10.0 Å². The summed E-state index contributed by atoms with van der Waals surface area (Å²) < 4.78 is 26.1. The first kappa shape index (κ1) is 18.5. The van der Waals surface area contributed by atoms with Crippen LogP contribution in [0, 0.1) is 0 Å². The molecule has 0 unspecified atom stereocenters. The molecule has 0 atom stereocenters. The van der Waals surface area contributed by atoms with Crippen molar-refractivity contribution in [2.45, 2.75) is 32.1 Å². The van der Waals surface area contributed by atoms with E-state index in [1.165, 1.54) is 5.56 Å². The lowest BCUT2D eigenvalue weighted by Gasteiger charge is -2.32. The van der Waals surface area contributed by atoms with E-state index in [9.17, 15) is 8.42 Å². The van der Waals surface area contributed by atoms with Gasteiger partial charge in [0.15, 0.2) is 0 Å². The summed E-state index contributed by atoms with van der Waals surface area (Å²) in [6.45, 7) is 4.35. The van der Waals surface area contributed by atoms with Crippen molar-refractivity contribution in [2.24, 2.45) is 0 Å². The van der Waals surface area contributed by atoms with Crippen LogP contribution in [0.1, 0.15) is 37.8 Å². The quantitative estimate of drug-likeness (QED) is 0.459. The van der Waals surface area contributed by atoms with Crippen LogP contribution in [0.4, 0.5) is 5.69 Å². The Bertz CT molecular complexity index is 1250. The molecule has 3 N–H and O–H groups in total.